The molecule has 0 aromatic heterocycles. The van der Waals surface area contributed by atoms with Gasteiger partial charge in [-0.3, -0.25) is 4.79 Å². The lowest BCUT2D eigenvalue weighted by Crippen LogP contribution is -2.36. The summed E-state index contributed by atoms with van der Waals surface area (Å²) in [7, 11) is 0. The highest BCUT2D eigenvalue weighted by molar-refractivity contribution is 5.78. The molecule has 0 aromatic carbocycles. The minimum Gasteiger partial charge on any atom is -0.378 e. The van der Waals surface area contributed by atoms with Gasteiger partial charge in [-0.25, -0.2) is 4.39 Å². The summed E-state index contributed by atoms with van der Waals surface area (Å²) in [6, 6.07) is 0. The Labute approximate surface area is 208 Å². The Kier molecular flexibility index (Phi) is 26.0. The molecule has 0 aliphatic carbocycles. The molecule has 0 fully saturated rings. The van der Waals surface area contributed by atoms with Crippen LogP contribution in [0.25, 0.3) is 0 Å². The molecule has 10 heteroatoms. The predicted molar refractivity (Wildman–Crippen MR) is 134 cm³/mol. The van der Waals surface area contributed by atoms with Crippen LogP contribution in [-0.2, 0) is 33.2 Å². The summed E-state index contributed by atoms with van der Waals surface area (Å²) in [6.07, 6.45) is 1.42. The molecule has 0 saturated carbocycles. The number of ether oxygens (including phenoxy) is 6. The highest BCUT2D eigenvalue weighted by atomic mass is 19.1. The van der Waals surface area contributed by atoms with Crippen molar-refractivity contribution in [2.24, 2.45) is 5.92 Å². The maximum atomic E-state index is 13.8. The lowest BCUT2D eigenvalue weighted by atomic mass is 10.0. The maximum absolute atomic E-state index is 13.8. The molecule has 1 atom stereocenters. The predicted octanol–water partition coefficient (Wildman–Crippen LogP) is 2.47. The molecule has 2 N–H and O–H groups in total. The van der Waals surface area contributed by atoms with E-state index in [1.54, 1.807) is 0 Å². The number of amides is 1. The van der Waals surface area contributed by atoms with Gasteiger partial charge in [0.25, 0.3) is 0 Å². The number of halogens is 1. The lowest BCUT2D eigenvalue weighted by molar-refractivity contribution is -0.125. The first-order valence-corrected chi connectivity index (χ1v) is 12.7. The Bertz CT molecular complexity index is 443. The molecule has 1 amide bonds. The zero-order chi connectivity index (χ0) is 25.1. The van der Waals surface area contributed by atoms with Gasteiger partial charge in [-0.2, -0.15) is 0 Å². The summed E-state index contributed by atoms with van der Waals surface area (Å²) in [5.41, 5.74) is 0. The van der Waals surface area contributed by atoms with E-state index < -0.39 is 6.17 Å². The van der Waals surface area contributed by atoms with Crippen LogP contribution in [0.5, 0.6) is 0 Å². The Morgan fingerprint density at radius 1 is 0.706 bits per heavy atom. The van der Waals surface area contributed by atoms with E-state index in [1.165, 1.54) is 0 Å². The highest BCUT2D eigenvalue weighted by Crippen LogP contribution is 2.07. The molecule has 0 saturated heterocycles. The van der Waals surface area contributed by atoms with E-state index in [-0.39, 0.29) is 27.8 Å². The first kappa shape index (κ1) is 33.1. The largest absolute Gasteiger partial charge is 0.378 e. The maximum Gasteiger partial charge on any atom is 0.223 e. The number of rotatable bonds is 27. The monoisotopic (exact) mass is 500 g/mol. The van der Waals surface area contributed by atoms with Crippen molar-refractivity contribution in [2.75, 3.05) is 98.9 Å². The van der Waals surface area contributed by atoms with Crippen molar-refractivity contribution in [3.8, 4) is 0 Å². The van der Waals surface area contributed by atoms with Crippen LogP contribution in [-0.4, -0.2) is 111 Å². The molecule has 0 radical (unpaired) electrons. The standard InChI is InChI=1S/C24H49FN2O7.2H2/c1-4-7-26-8-9-29-10-11-30-12-13-31-14-15-32-16-17-33-18-19-34-21-23(25)20-27-24(28)22(5-2)6-3;;/h22-23,26H,4-21H2,1-3H3,(H,27,28);2*1H. The number of hydrogen-bond acceptors (Lipinski definition) is 8. The Morgan fingerprint density at radius 2 is 1.15 bits per heavy atom. The Balaban J connectivity index is -0.00000544. The van der Waals surface area contributed by atoms with E-state index in [2.05, 4.69) is 17.6 Å². The van der Waals surface area contributed by atoms with Gasteiger partial charge in [0.2, 0.25) is 5.91 Å². The van der Waals surface area contributed by atoms with E-state index in [1.807, 2.05) is 13.8 Å². The van der Waals surface area contributed by atoms with Crippen LogP contribution in [0, 0.1) is 5.92 Å². The molecule has 9 nitrogen and oxygen atoms in total. The van der Waals surface area contributed by atoms with Crippen molar-refractivity contribution in [1.29, 1.82) is 0 Å². The SMILES string of the molecule is CCCNCCOCCOCCOCCOCCOCCOCC(F)CNC(=O)C(CC)CC.[HH].[HH]. The molecule has 208 valence electrons. The number of nitrogens with one attached hydrogen (secondary N) is 2. The Hall–Kier alpha value is -0.880. The highest BCUT2D eigenvalue weighted by Gasteiger charge is 2.15. The van der Waals surface area contributed by atoms with E-state index in [0.29, 0.717) is 72.7 Å². The van der Waals surface area contributed by atoms with Crippen molar-refractivity contribution >= 4 is 5.91 Å². The molecular weight excluding hydrogens is 447 g/mol. The average Bonchev–Trinajstić information content (AvgIpc) is 2.84. The van der Waals surface area contributed by atoms with Gasteiger partial charge < -0.3 is 39.1 Å². The smallest absolute Gasteiger partial charge is 0.223 e. The van der Waals surface area contributed by atoms with Crippen molar-refractivity contribution < 1.29 is 40.5 Å². The molecule has 0 rings (SSSR count). The minimum atomic E-state index is -1.22. The first-order valence-electron chi connectivity index (χ1n) is 12.7. The fourth-order valence-electron chi connectivity index (χ4n) is 2.83. The van der Waals surface area contributed by atoms with E-state index in [4.69, 9.17) is 28.4 Å². The second kappa shape index (κ2) is 26.7. The summed E-state index contributed by atoms with van der Waals surface area (Å²) < 4.78 is 46.1. The molecular formula is C24H53FN2O7. The second-order valence-electron chi connectivity index (χ2n) is 7.74. The summed E-state index contributed by atoms with van der Waals surface area (Å²) >= 11 is 0. The van der Waals surface area contributed by atoms with Gasteiger partial charge in [0, 0.05) is 15.3 Å². The van der Waals surface area contributed by atoms with Crippen LogP contribution in [0.2, 0.25) is 0 Å². The molecule has 0 aliphatic rings. The third-order valence-corrected chi connectivity index (χ3v) is 4.86. The van der Waals surface area contributed by atoms with E-state index in [0.717, 1.165) is 32.4 Å². The van der Waals surface area contributed by atoms with Crippen LogP contribution in [0.3, 0.4) is 0 Å². The van der Waals surface area contributed by atoms with Gasteiger partial charge in [0.15, 0.2) is 0 Å². The van der Waals surface area contributed by atoms with Gasteiger partial charge in [0.1, 0.15) is 6.17 Å². The topological polar surface area (TPSA) is 96.5 Å². The van der Waals surface area contributed by atoms with Crippen molar-refractivity contribution in [3.05, 3.63) is 0 Å². The molecule has 34 heavy (non-hydrogen) atoms. The first-order chi connectivity index (χ1) is 16.7. The molecule has 0 aliphatic heterocycles. The van der Waals surface area contributed by atoms with Gasteiger partial charge in [-0.05, 0) is 25.8 Å². The molecule has 0 heterocycles. The second-order valence-corrected chi connectivity index (χ2v) is 7.74. The minimum absolute atomic E-state index is 0. The van der Waals surface area contributed by atoms with E-state index >= 15 is 0 Å². The summed E-state index contributed by atoms with van der Waals surface area (Å²) in [5.74, 6) is -0.149. The van der Waals surface area contributed by atoms with Gasteiger partial charge in [-0.15, -0.1) is 0 Å². The van der Waals surface area contributed by atoms with Crippen LogP contribution in [0.1, 0.15) is 42.9 Å². The fraction of sp³-hybridized carbons (Fsp3) is 0.958. The quantitative estimate of drug-likeness (QED) is 0.166. The van der Waals surface area contributed by atoms with Gasteiger partial charge in [-0.1, -0.05) is 20.8 Å². The summed E-state index contributed by atoms with van der Waals surface area (Å²) in [6.45, 7) is 13.3. The number of carbonyl (C=O) groups is 1. The van der Waals surface area contributed by atoms with Crippen LogP contribution in [0.4, 0.5) is 4.39 Å². The van der Waals surface area contributed by atoms with Crippen LogP contribution in [0.15, 0.2) is 0 Å². The summed E-state index contributed by atoms with van der Waals surface area (Å²) in [5, 5.41) is 5.90. The lowest BCUT2D eigenvalue weighted by Gasteiger charge is -2.15. The zero-order valence-electron chi connectivity index (χ0n) is 21.6. The molecule has 0 bridgehead atoms. The molecule has 0 aromatic rings. The third kappa shape index (κ3) is 22.9. The average molecular weight is 501 g/mol. The van der Waals surface area contributed by atoms with Crippen LogP contribution < -0.4 is 10.6 Å². The number of carbonyl (C=O) groups excluding carboxylic acids is 1. The van der Waals surface area contributed by atoms with Crippen molar-refractivity contribution in [3.63, 3.8) is 0 Å². The van der Waals surface area contributed by atoms with Gasteiger partial charge in [0.05, 0.1) is 85.8 Å². The van der Waals surface area contributed by atoms with Crippen molar-refractivity contribution in [1.82, 2.24) is 10.6 Å². The zero-order valence-corrected chi connectivity index (χ0v) is 21.6. The van der Waals surface area contributed by atoms with Crippen LogP contribution >= 0.6 is 0 Å². The Morgan fingerprint density at radius 3 is 1.59 bits per heavy atom. The molecule has 1 unspecified atom stereocenters. The molecule has 0 spiro atoms. The van der Waals surface area contributed by atoms with E-state index in [9.17, 15) is 9.18 Å². The normalized spacial score (nSPS) is 12.4. The fourth-order valence-corrected chi connectivity index (χ4v) is 2.83. The number of hydrogen-bond donors (Lipinski definition) is 2. The summed E-state index contributed by atoms with van der Waals surface area (Å²) in [4.78, 5) is 11.8. The number of alkyl halides is 1. The third-order valence-electron chi connectivity index (χ3n) is 4.86. The van der Waals surface area contributed by atoms with Crippen molar-refractivity contribution in [2.45, 2.75) is 46.2 Å². The van der Waals surface area contributed by atoms with Gasteiger partial charge >= 0.3 is 0 Å².